The van der Waals surface area contributed by atoms with E-state index in [9.17, 15) is 54.1 Å². The van der Waals surface area contributed by atoms with Crippen LogP contribution in [-0.2, 0) is 28.8 Å². The summed E-state index contributed by atoms with van der Waals surface area (Å²) in [4.78, 5) is 120. The molecule has 0 aliphatic carbocycles. The molecule has 0 fully saturated rings. The molecule has 0 heterocycles. The maximum Gasteiger partial charge on any atom is 0.299 e. The number of amides is 6. The lowest BCUT2D eigenvalue weighted by Gasteiger charge is -2.30. The highest BCUT2D eigenvalue weighted by molar-refractivity contribution is 5.99. The minimum absolute atomic E-state index is 0.0113. The van der Waals surface area contributed by atoms with Gasteiger partial charge in [-0.3, -0.25) is 49.0 Å². The van der Waals surface area contributed by atoms with E-state index in [2.05, 4.69) is 30.6 Å². The van der Waals surface area contributed by atoms with Gasteiger partial charge in [0.15, 0.2) is 23.8 Å². The molecule has 0 bridgehead atoms. The van der Waals surface area contributed by atoms with Gasteiger partial charge in [0, 0.05) is 26.3 Å². The third kappa shape index (κ3) is 16.9. The number of aliphatic imine (C=N–C) groups is 4. The summed E-state index contributed by atoms with van der Waals surface area (Å²) in [7, 11) is 3.65. The molecule has 0 aliphatic rings. The largest absolute Gasteiger partial charge is 0.393 e. The van der Waals surface area contributed by atoms with Crippen LogP contribution < -0.4 is 93.7 Å². The van der Waals surface area contributed by atoms with Crippen LogP contribution in [0.3, 0.4) is 0 Å². The first kappa shape index (κ1) is 56.8. The third-order valence-electron chi connectivity index (χ3n) is 9.30. The van der Waals surface area contributed by atoms with Crippen molar-refractivity contribution in [2.45, 2.75) is 36.9 Å². The predicted molar refractivity (Wildman–Crippen MR) is 265 cm³/mol. The van der Waals surface area contributed by atoms with Gasteiger partial charge in [0.1, 0.15) is 17.4 Å². The van der Waals surface area contributed by atoms with Crippen molar-refractivity contribution in [1.29, 1.82) is 0 Å². The van der Waals surface area contributed by atoms with Crippen LogP contribution in [0.5, 0.6) is 0 Å². The molecule has 0 saturated heterocycles. The lowest BCUT2D eigenvalue weighted by molar-refractivity contribution is -0.393. The molecule has 390 valence electrons. The molecule has 34 nitrogen and oxygen atoms in total. The average Bonchev–Trinajstić information content (AvgIpc) is 3.30. The zero-order chi connectivity index (χ0) is 54.9. The number of guanidine groups is 4. The summed E-state index contributed by atoms with van der Waals surface area (Å²) in [6, 6.07) is 13.6. The van der Waals surface area contributed by atoms with E-state index < -0.39 is 135 Å². The monoisotopic (exact) mass is 1020 g/mol. The van der Waals surface area contributed by atoms with Gasteiger partial charge in [-0.25, -0.2) is 20.0 Å². The highest BCUT2D eigenvalue weighted by atomic mass is 16.6. The van der Waals surface area contributed by atoms with E-state index in [1.165, 1.54) is 36.4 Å². The first-order valence-corrected chi connectivity index (χ1v) is 20.5. The number of hydrogen-bond donors (Lipinski definition) is 16. The summed E-state index contributed by atoms with van der Waals surface area (Å²) in [5.74, 6) is -11.4. The van der Waals surface area contributed by atoms with E-state index in [1.807, 2.05) is 34.9 Å². The Bertz CT molecular complexity index is 2700. The number of nitrogens with zero attached hydrogens (tertiary/aromatic N) is 8. The lowest BCUT2D eigenvalue weighted by Crippen LogP contribution is -2.58. The van der Waals surface area contributed by atoms with E-state index >= 15 is 0 Å². The van der Waals surface area contributed by atoms with Crippen molar-refractivity contribution in [3.8, 4) is 0 Å². The Hall–Kier alpha value is -10.5. The van der Waals surface area contributed by atoms with Crippen molar-refractivity contribution in [2.75, 3.05) is 36.2 Å². The summed E-state index contributed by atoms with van der Waals surface area (Å²) >= 11 is 0. The van der Waals surface area contributed by atoms with E-state index in [0.717, 1.165) is 16.7 Å². The number of nitro benzene ring substituents is 2. The Morgan fingerprint density at radius 3 is 1.48 bits per heavy atom. The Morgan fingerprint density at radius 2 is 1.05 bits per heavy atom. The number of nitrogens with two attached hydrogens (primary N) is 10. The van der Waals surface area contributed by atoms with Crippen LogP contribution in [0.25, 0.3) is 6.08 Å². The Morgan fingerprint density at radius 1 is 0.616 bits per heavy atom. The molecule has 34 heteroatoms. The number of primary amides is 1. The van der Waals surface area contributed by atoms with E-state index in [-0.39, 0.29) is 5.56 Å². The zero-order valence-electron chi connectivity index (χ0n) is 38.6. The van der Waals surface area contributed by atoms with Gasteiger partial charge in [-0.1, -0.05) is 54.6 Å². The number of hydrogen-bond acceptors (Lipinski definition) is 18. The number of benzene rings is 3. The molecule has 26 N–H and O–H groups in total. The Kier molecular flexibility index (Phi) is 20.0. The standard InChI is InChI=1S/C39H53N23O11/c1-59(2)19-12-10-17(11-13-19)7-6-14-60(22-15-20(40)21(61(70)71)16-23(22)62(72)73)35(69)34(68)50-24(18-8-4-3-5-9-18)30(64)52-27(56-37(44)45)32(66)54-29(58-39(48)49)33(67)53-28(57-38(46)47)31(65)51-26(25(41)63)55-36(42)43/h3-13,15-16,24,26-29,35,69H,14,40H2,1-2H3,(H2,41,63)(H,50,68)(H,51,65)(H,52,64)(H,53,67)(H,54,66)(H4,42,43,55)(H4,44,45,56)(H4,46,47,57)(H4,48,49,58). The maximum absolute atomic E-state index is 14.2. The van der Waals surface area contributed by atoms with Crippen LogP contribution >= 0.6 is 0 Å². The summed E-state index contributed by atoms with van der Waals surface area (Å²) in [6.07, 6.45) is -7.96. The Balaban J connectivity index is 2.04. The van der Waals surface area contributed by atoms with Gasteiger partial charge in [0.05, 0.1) is 15.9 Å². The first-order chi connectivity index (χ1) is 34.2. The molecule has 0 aromatic heterocycles. The predicted octanol–water partition coefficient (Wildman–Crippen LogP) is -6.81. The van der Waals surface area contributed by atoms with Crippen LogP contribution in [-0.4, -0.2) is 126 Å². The molecule has 3 aromatic carbocycles. The van der Waals surface area contributed by atoms with Crippen molar-refractivity contribution in [1.82, 2.24) is 26.6 Å². The molecule has 3 rings (SSSR count). The molecule has 0 saturated carbocycles. The summed E-state index contributed by atoms with van der Waals surface area (Å²) < 4.78 is 0. The second-order valence-corrected chi connectivity index (χ2v) is 14.9. The number of carbonyl (C=O) groups is 6. The van der Waals surface area contributed by atoms with Gasteiger partial charge in [-0.05, 0) is 29.3 Å². The van der Waals surface area contributed by atoms with Gasteiger partial charge in [-0.2, -0.15) is 0 Å². The highest BCUT2D eigenvalue weighted by Crippen LogP contribution is 2.37. The average molecular weight is 1020 g/mol. The second kappa shape index (κ2) is 25.7. The minimum atomic E-state index is -2.44. The molecule has 6 unspecified atom stereocenters. The van der Waals surface area contributed by atoms with Crippen LogP contribution in [0.4, 0.5) is 28.4 Å². The number of carbonyl (C=O) groups excluding carboxylic acids is 6. The SMILES string of the molecule is CN(C)c1ccc(C=CCN(c2cc(N)c([N+](=O)[O-])cc2[N+](=O)[O-])C(O)C(=O)NC(C(=O)NC(N=C(N)N)C(=O)NC(N=C(N)N)C(=O)NC(N=C(N)N)C(=O)NC(N=C(N)N)C(N)=O)c2ccccc2)cc1. The normalized spacial score (nSPS) is 13.1. The molecule has 73 heavy (non-hydrogen) atoms. The van der Waals surface area contributed by atoms with Crippen LogP contribution in [0.15, 0.2) is 92.8 Å². The van der Waals surface area contributed by atoms with Crippen molar-refractivity contribution in [3.05, 3.63) is 104 Å². The maximum atomic E-state index is 14.2. The van der Waals surface area contributed by atoms with Crippen molar-refractivity contribution in [2.24, 2.45) is 71.6 Å². The number of rotatable bonds is 24. The van der Waals surface area contributed by atoms with Crippen molar-refractivity contribution < 1.29 is 43.7 Å². The van der Waals surface area contributed by atoms with Crippen molar-refractivity contribution >= 4 is 93.8 Å². The van der Waals surface area contributed by atoms with Gasteiger partial charge < -0.3 is 98.8 Å². The molecule has 6 atom stereocenters. The quantitative estimate of drug-likeness (QED) is 0.00990. The summed E-state index contributed by atoms with van der Waals surface area (Å²) in [5, 5.41) is 46.2. The highest BCUT2D eigenvalue weighted by Gasteiger charge is 2.36. The van der Waals surface area contributed by atoms with E-state index in [4.69, 9.17) is 57.3 Å². The summed E-state index contributed by atoms with van der Waals surface area (Å²) in [5.41, 5.74) is 53.2. The number of aliphatic hydroxyl groups is 1. The minimum Gasteiger partial charge on any atom is -0.393 e. The molecule has 0 spiro atoms. The second-order valence-electron chi connectivity index (χ2n) is 14.9. The van der Waals surface area contributed by atoms with Crippen LogP contribution in [0.1, 0.15) is 17.2 Å². The molecule has 6 amide bonds. The zero-order valence-corrected chi connectivity index (χ0v) is 38.6. The van der Waals surface area contributed by atoms with Gasteiger partial charge in [0.25, 0.3) is 40.9 Å². The van der Waals surface area contributed by atoms with Crippen LogP contribution in [0.2, 0.25) is 0 Å². The fourth-order valence-corrected chi connectivity index (χ4v) is 6.03. The Labute approximate surface area is 412 Å². The summed E-state index contributed by atoms with van der Waals surface area (Å²) in [6.45, 7) is -0.495. The number of anilines is 3. The first-order valence-electron chi connectivity index (χ1n) is 20.5. The number of nitrogens with one attached hydrogen (secondary N) is 5. The fourth-order valence-electron chi connectivity index (χ4n) is 6.03. The van der Waals surface area contributed by atoms with Gasteiger partial charge >= 0.3 is 0 Å². The topological polar surface area (TPSA) is 585 Å². The van der Waals surface area contributed by atoms with Crippen LogP contribution in [0, 0.1) is 20.2 Å². The molecule has 3 aromatic rings. The number of nitro groups is 2. The fraction of sp³-hybridized carbons (Fsp3) is 0.231. The van der Waals surface area contributed by atoms with Crippen molar-refractivity contribution in [3.63, 3.8) is 0 Å². The number of aliphatic hydroxyl groups excluding tert-OH is 1. The van der Waals surface area contributed by atoms with E-state index in [0.29, 0.717) is 11.6 Å². The number of nitrogen functional groups attached to an aromatic ring is 1. The molecule has 0 radical (unpaired) electrons. The smallest absolute Gasteiger partial charge is 0.299 e. The van der Waals surface area contributed by atoms with Gasteiger partial charge in [-0.15, -0.1) is 0 Å². The lowest BCUT2D eigenvalue weighted by atomic mass is 10.1. The third-order valence-corrected chi connectivity index (χ3v) is 9.30. The van der Waals surface area contributed by atoms with Gasteiger partial charge in [0.2, 0.25) is 36.8 Å². The molecular weight excluding hydrogens is 967 g/mol. The molecular formula is C39H53N23O11. The van der Waals surface area contributed by atoms with E-state index in [1.54, 1.807) is 30.3 Å². The molecule has 0 aliphatic heterocycles.